The Morgan fingerprint density at radius 3 is 2.87 bits per heavy atom. The van der Waals surface area contributed by atoms with Crippen molar-refractivity contribution in [3.05, 3.63) is 22.8 Å². The highest BCUT2D eigenvalue weighted by Gasteiger charge is 2.08. The van der Waals surface area contributed by atoms with Crippen LogP contribution in [0.1, 0.15) is 12.6 Å². The van der Waals surface area contributed by atoms with E-state index in [1.165, 1.54) is 11.0 Å². The molecule has 2 aromatic heterocycles. The van der Waals surface area contributed by atoms with Crippen LogP contribution >= 0.6 is 15.9 Å². The van der Waals surface area contributed by atoms with E-state index in [1.807, 2.05) is 13.0 Å². The van der Waals surface area contributed by atoms with Crippen LogP contribution in [0.25, 0.3) is 5.82 Å². The fraction of sp³-hybridized carbons (Fsp3) is 0.250. The van der Waals surface area contributed by atoms with Gasteiger partial charge in [-0.2, -0.15) is 9.67 Å². The summed E-state index contributed by atoms with van der Waals surface area (Å²) in [4.78, 5) is 12.1. The van der Waals surface area contributed by atoms with Crippen molar-refractivity contribution in [3.63, 3.8) is 0 Å². The molecule has 0 unspecified atom stereocenters. The number of anilines is 1. The summed E-state index contributed by atoms with van der Waals surface area (Å²) in [6.45, 7) is 2.02. The van der Waals surface area contributed by atoms with Gasteiger partial charge in [-0.1, -0.05) is 6.92 Å². The molecular weight excluding hydrogens is 260 g/mol. The van der Waals surface area contributed by atoms with E-state index in [1.54, 1.807) is 0 Å². The quantitative estimate of drug-likeness (QED) is 0.878. The van der Waals surface area contributed by atoms with Crippen LogP contribution in [0.5, 0.6) is 0 Å². The van der Waals surface area contributed by atoms with Gasteiger partial charge in [0.25, 0.3) is 0 Å². The van der Waals surface area contributed by atoms with Crippen molar-refractivity contribution in [1.29, 1.82) is 0 Å². The summed E-state index contributed by atoms with van der Waals surface area (Å²) in [7, 11) is 0. The first-order valence-electron chi connectivity index (χ1n) is 4.40. The number of aryl methyl sites for hydroxylation is 1. The smallest absolute Gasteiger partial charge is 0.240 e. The molecule has 78 valence electrons. The van der Waals surface area contributed by atoms with Gasteiger partial charge in [0.15, 0.2) is 5.82 Å². The Morgan fingerprint density at radius 1 is 1.47 bits per heavy atom. The molecule has 0 radical (unpaired) electrons. The number of nitrogen functional groups attached to an aromatic ring is 1. The second-order valence-electron chi connectivity index (χ2n) is 2.87. The van der Waals surface area contributed by atoms with Crippen molar-refractivity contribution in [1.82, 2.24) is 24.7 Å². The molecule has 0 amide bonds. The zero-order chi connectivity index (χ0) is 10.8. The Morgan fingerprint density at radius 2 is 2.27 bits per heavy atom. The number of hydrogen-bond donors (Lipinski definition) is 1. The van der Waals surface area contributed by atoms with E-state index in [4.69, 9.17) is 5.73 Å². The highest BCUT2D eigenvalue weighted by atomic mass is 79.9. The van der Waals surface area contributed by atoms with Gasteiger partial charge in [0.05, 0.1) is 0 Å². The number of aromatic nitrogens is 5. The average Bonchev–Trinajstić information content (AvgIpc) is 2.58. The van der Waals surface area contributed by atoms with Crippen LogP contribution in [0.4, 0.5) is 5.95 Å². The number of hydrogen-bond acceptors (Lipinski definition) is 5. The van der Waals surface area contributed by atoms with E-state index < -0.39 is 0 Å². The van der Waals surface area contributed by atoms with Gasteiger partial charge in [0, 0.05) is 11.8 Å². The number of halogens is 1. The molecule has 2 rings (SSSR count). The van der Waals surface area contributed by atoms with Crippen LogP contribution in [0, 0.1) is 0 Å². The molecule has 0 spiro atoms. The third kappa shape index (κ3) is 1.96. The maximum Gasteiger partial charge on any atom is 0.240 e. The second-order valence-corrected chi connectivity index (χ2v) is 3.58. The largest absolute Gasteiger partial charge is 0.366 e. The first kappa shape index (κ1) is 10.0. The number of nitrogens with zero attached hydrogens (tertiary/aromatic N) is 5. The van der Waals surface area contributed by atoms with Crippen LogP contribution in [0.15, 0.2) is 17.1 Å². The molecule has 0 aromatic carbocycles. The van der Waals surface area contributed by atoms with Crippen LogP contribution in [0.2, 0.25) is 0 Å². The van der Waals surface area contributed by atoms with Gasteiger partial charge in [-0.25, -0.2) is 9.97 Å². The van der Waals surface area contributed by atoms with Crippen LogP contribution in [-0.4, -0.2) is 24.7 Å². The van der Waals surface area contributed by atoms with E-state index in [0.717, 1.165) is 12.1 Å². The van der Waals surface area contributed by atoms with Crippen LogP contribution in [0.3, 0.4) is 0 Å². The molecule has 0 aliphatic carbocycles. The molecule has 6 nitrogen and oxygen atoms in total. The third-order valence-corrected chi connectivity index (χ3v) is 2.39. The fourth-order valence-electron chi connectivity index (χ4n) is 1.15. The monoisotopic (exact) mass is 268 g/mol. The summed E-state index contributed by atoms with van der Waals surface area (Å²) < 4.78 is 2.05. The lowest BCUT2D eigenvalue weighted by Crippen LogP contribution is -2.02. The zero-order valence-electron chi connectivity index (χ0n) is 8.05. The minimum absolute atomic E-state index is 0.207. The maximum absolute atomic E-state index is 5.47. The summed E-state index contributed by atoms with van der Waals surface area (Å²) in [5.74, 6) is 0.858. The summed E-state index contributed by atoms with van der Waals surface area (Å²) in [5, 5.41) is 4.00. The molecule has 2 N–H and O–H groups in total. The number of nitrogens with two attached hydrogens (primary N) is 1. The first-order valence-corrected chi connectivity index (χ1v) is 5.19. The fourth-order valence-corrected chi connectivity index (χ4v) is 1.59. The summed E-state index contributed by atoms with van der Waals surface area (Å²) in [6, 6.07) is 1.85. The van der Waals surface area contributed by atoms with E-state index in [-0.39, 0.29) is 5.95 Å². The molecule has 0 aliphatic rings. The average molecular weight is 269 g/mol. The predicted octanol–water partition coefficient (Wildman–Crippen LogP) is 0.964. The Balaban J connectivity index is 2.49. The lowest BCUT2D eigenvalue weighted by molar-refractivity contribution is 0.812. The highest BCUT2D eigenvalue weighted by Crippen LogP contribution is 2.13. The van der Waals surface area contributed by atoms with Gasteiger partial charge in [-0.05, 0) is 22.4 Å². The van der Waals surface area contributed by atoms with Crippen molar-refractivity contribution in [3.8, 4) is 5.82 Å². The van der Waals surface area contributed by atoms with Crippen molar-refractivity contribution < 1.29 is 0 Å². The molecule has 0 bridgehead atoms. The Hall–Kier alpha value is -1.50. The molecule has 0 saturated carbocycles. The van der Waals surface area contributed by atoms with Crippen molar-refractivity contribution in [2.24, 2.45) is 0 Å². The summed E-state index contributed by atoms with van der Waals surface area (Å²) >= 11 is 3.25. The predicted molar refractivity (Wildman–Crippen MR) is 58.4 cm³/mol. The minimum Gasteiger partial charge on any atom is -0.366 e. The van der Waals surface area contributed by atoms with Crippen LogP contribution in [-0.2, 0) is 6.42 Å². The topological polar surface area (TPSA) is 82.5 Å². The van der Waals surface area contributed by atoms with Gasteiger partial charge < -0.3 is 5.73 Å². The molecular formula is C8H9BrN6. The molecule has 0 atom stereocenters. The van der Waals surface area contributed by atoms with E-state index >= 15 is 0 Å². The van der Waals surface area contributed by atoms with E-state index in [9.17, 15) is 0 Å². The zero-order valence-corrected chi connectivity index (χ0v) is 9.64. The Kier molecular flexibility index (Phi) is 2.63. The summed E-state index contributed by atoms with van der Waals surface area (Å²) in [6.07, 6.45) is 2.34. The number of rotatable bonds is 2. The molecule has 0 aliphatic heterocycles. The van der Waals surface area contributed by atoms with Crippen molar-refractivity contribution >= 4 is 21.9 Å². The van der Waals surface area contributed by atoms with Crippen LogP contribution < -0.4 is 5.73 Å². The van der Waals surface area contributed by atoms with Gasteiger partial charge in [0.2, 0.25) is 10.7 Å². The molecule has 15 heavy (non-hydrogen) atoms. The third-order valence-electron chi connectivity index (χ3n) is 1.87. The van der Waals surface area contributed by atoms with Gasteiger partial charge in [-0.15, -0.1) is 5.10 Å². The minimum atomic E-state index is 0.207. The molecule has 0 fully saturated rings. The lowest BCUT2D eigenvalue weighted by atomic mass is 10.3. The molecule has 7 heteroatoms. The van der Waals surface area contributed by atoms with Gasteiger partial charge in [0.1, 0.15) is 6.33 Å². The maximum atomic E-state index is 5.47. The normalized spacial score (nSPS) is 10.5. The molecule has 2 heterocycles. The van der Waals surface area contributed by atoms with E-state index in [0.29, 0.717) is 10.6 Å². The standard InChI is InChI=1S/C8H9BrN6/c1-2-5-3-6(12-4-11-5)15-7(9)13-8(10)14-15/h3-4H,2H2,1H3,(H2,10,14). The Bertz CT molecular complexity index is 480. The lowest BCUT2D eigenvalue weighted by Gasteiger charge is -2.01. The second kappa shape index (κ2) is 3.93. The van der Waals surface area contributed by atoms with Gasteiger partial charge >= 0.3 is 0 Å². The first-order chi connectivity index (χ1) is 7.20. The highest BCUT2D eigenvalue weighted by molar-refractivity contribution is 9.10. The molecule has 0 saturated heterocycles. The summed E-state index contributed by atoms with van der Waals surface area (Å²) in [5.41, 5.74) is 6.42. The SMILES string of the molecule is CCc1cc(-n2nc(N)nc2Br)ncn1. The van der Waals surface area contributed by atoms with Crippen molar-refractivity contribution in [2.75, 3.05) is 5.73 Å². The van der Waals surface area contributed by atoms with E-state index in [2.05, 4.69) is 36.0 Å². The van der Waals surface area contributed by atoms with Gasteiger partial charge in [-0.3, -0.25) is 0 Å². The molecule has 2 aromatic rings. The Labute approximate surface area is 94.7 Å². The van der Waals surface area contributed by atoms with Crippen molar-refractivity contribution in [2.45, 2.75) is 13.3 Å².